The van der Waals surface area contributed by atoms with E-state index < -0.39 is 0 Å². The molecule has 0 atom stereocenters. The molecule has 0 amide bonds. The van der Waals surface area contributed by atoms with Gasteiger partial charge in [0.05, 0.1) is 10.0 Å². The molecule has 21 heavy (non-hydrogen) atoms. The van der Waals surface area contributed by atoms with Crippen molar-refractivity contribution in [3.63, 3.8) is 0 Å². The van der Waals surface area contributed by atoms with Crippen molar-refractivity contribution in [3.05, 3.63) is 40.1 Å². The molecule has 2 N–H and O–H groups in total. The van der Waals surface area contributed by atoms with Gasteiger partial charge in [0.25, 0.3) is 0 Å². The monoisotopic (exact) mass is 324 g/mol. The maximum atomic E-state index is 6.04. The summed E-state index contributed by atoms with van der Waals surface area (Å²) < 4.78 is 0. The van der Waals surface area contributed by atoms with Crippen molar-refractivity contribution >= 4 is 40.5 Å². The van der Waals surface area contributed by atoms with Crippen LogP contribution in [0.1, 0.15) is 25.8 Å². The first-order valence-corrected chi connectivity index (χ1v) is 7.71. The van der Waals surface area contributed by atoms with Crippen LogP contribution in [0.4, 0.5) is 17.3 Å². The molecule has 2 aromatic rings. The Morgan fingerprint density at radius 3 is 2.48 bits per heavy atom. The maximum Gasteiger partial charge on any atom is 0.139 e. The van der Waals surface area contributed by atoms with Crippen molar-refractivity contribution in [1.29, 1.82) is 0 Å². The molecule has 2 rings (SSSR count). The first kappa shape index (κ1) is 15.9. The summed E-state index contributed by atoms with van der Waals surface area (Å²) in [6.07, 6.45) is 3.46. The van der Waals surface area contributed by atoms with Gasteiger partial charge in [-0.2, -0.15) is 0 Å². The normalized spacial score (nSPS) is 10.5. The lowest BCUT2D eigenvalue weighted by molar-refractivity contribution is 0.902. The van der Waals surface area contributed by atoms with Crippen molar-refractivity contribution < 1.29 is 0 Å². The molecule has 0 fully saturated rings. The van der Waals surface area contributed by atoms with Gasteiger partial charge in [-0.25, -0.2) is 9.97 Å². The van der Waals surface area contributed by atoms with Gasteiger partial charge in [-0.1, -0.05) is 36.5 Å². The zero-order chi connectivity index (χ0) is 15.2. The van der Waals surface area contributed by atoms with E-state index in [1.165, 1.54) is 0 Å². The van der Waals surface area contributed by atoms with Crippen molar-refractivity contribution in [1.82, 2.24) is 9.97 Å². The highest BCUT2D eigenvalue weighted by molar-refractivity contribution is 6.42. The molecule has 6 heteroatoms. The third-order valence-corrected chi connectivity index (χ3v) is 3.71. The molecular formula is C15H18Cl2N4. The predicted molar refractivity (Wildman–Crippen MR) is 89.9 cm³/mol. The zero-order valence-electron chi connectivity index (χ0n) is 12.1. The first-order valence-electron chi connectivity index (χ1n) is 6.95. The molecule has 0 saturated heterocycles. The third-order valence-electron chi connectivity index (χ3n) is 2.97. The summed E-state index contributed by atoms with van der Waals surface area (Å²) in [4.78, 5) is 8.66. The van der Waals surface area contributed by atoms with Gasteiger partial charge in [-0.05, 0) is 31.5 Å². The van der Waals surface area contributed by atoms with Crippen LogP contribution in [-0.2, 0) is 6.42 Å². The van der Waals surface area contributed by atoms with E-state index in [2.05, 4.69) is 27.5 Å². The van der Waals surface area contributed by atoms with Gasteiger partial charge in [0, 0.05) is 17.8 Å². The number of nitrogens with one attached hydrogen (secondary N) is 2. The topological polar surface area (TPSA) is 49.8 Å². The number of hydrogen-bond donors (Lipinski definition) is 2. The molecule has 4 nitrogen and oxygen atoms in total. The van der Waals surface area contributed by atoms with Crippen LogP contribution < -0.4 is 10.6 Å². The number of nitrogens with zero attached hydrogens (tertiary/aromatic N) is 2. The summed E-state index contributed by atoms with van der Waals surface area (Å²) in [5, 5.41) is 7.61. The highest BCUT2D eigenvalue weighted by Crippen LogP contribution is 2.29. The Labute approximate surface area is 134 Å². The lowest BCUT2D eigenvalue weighted by Crippen LogP contribution is -2.08. The van der Waals surface area contributed by atoms with Gasteiger partial charge in [0.2, 0.25) is 0 Å². The van der Waals surface area contributed by atoms with Crippen LogP contribution >= 0.6 is 23.2 Å². The number of rotatable bonds is 6. The molecule has 0 radical (unpaired) electrons. The fourth-order valence-corrected chi connectivity index (χ4v) is 2.34. The fraction of sp³-hybridized carbons (Fsp3) is 0.333. The Hall–Kier alpha value is -1.52. The summed E-state index contributed by atoms with van der Waals surface area (Å²) in [5.74, 6) is 1.66. The molecule has 1 heterocycles. The Morgan fingerprint density at radius 2 is 1.81 bits per heavy atom. The SMILES string of the molecule is CCCc1c(NCC)ncnc1Nc1ccc(Cl)c(Cl)c1. The van der Waals surface area contributed by atoms with Gasteiger partial charge in [-0.15, -0.1) is 0 Å². The number of benzene rings is 1. The van der Waals surface area contributed by atoms with E-state index in [1.807, 2.05) is 13.0 Å². The smallest absolute Gasteiger partial charge is 0.139 e. The standard InChI is InChI=1S/C15H18Cl2N4/c1-3-5-11-14(18-4-2)19-9-20-15(11)21-10-6-7-12(16)13(17)8-10/h6-9H,3-5H2,1-2H3,(H2,18,19,20,21). The van der Waals surface area contributed by atoms with Gasteiger partial charge in [0.15, 0.2) is 0 Å². The molecule has 0 saturated carbocycles. The molecule has 0 spiro atoms. The van der Waals surface area contributed by atoms with Crippen molar-refractivity contribution in [2.75, 3.05) is 17.2 Å². The van der Waals surface area contributed by atoms with E-state index in [0.29, 0.717) is 10.0 Å². The Bertz CT molecular complexity index is 617. The second kappa shape index (κ2) is 7.48. The molecule has 0 bridgehead atoms. The zero-order valence-corrected chi connectivity index (χ0v) is 13.6. The highest BCUT2D eigenvalue weighted by atomic mass is 35.5. The predicted octanol–water partition coefficient (Wildman–Crippen LogP) is 4.91. The minimum Gasteiger partial charge on any atom is -0.370 e. The van der Waals surface area contributed by atoms with Crippen LogP contribution in [0.25, 0.3) is 0 Å². The minimum absolute atomic E-state index is 0.514. The van der Waals surface area contributed by atoms with Gasteiger partial charge in [0.1, 0.15) is 18.0 Å². The Morgan fingerprint density at radius 1 is 1.05 bits per heavy atom. The third kappa shape index (κ3) is 3.99. The van der Waals surface area contributed by atoms with E-state index in [-0.39, 0.29) is 0 Å². The van der Waals surface area contributed by atoms with Gasteiger partial charge in [-0.3, -0.25) is 0 Å². The van der Waals surface area contributed by atoms with Gasteiger partial charge >= 0.3 is 0 Å². The summed E-state index contributed by atoms with van der Waals surface area (Å²) in [6, 6.07) is 5.42. The lowest BCUT2D eigenvalue weighted by atomic mass is 10.1. The quantitative estimate of drug-likeness (QED) is 0.792. The molecule has 112 valence electrons. The largest absolute Gasteiger partial charge is 0.370 e. The molecule has 0 aliphatic heterocycles. The van der Waals surface area contributed by atoms with E-state index in [9.17, 15) is 0 Å². The molecule has 0 aliphatic rings. The summed E-state index contributed by atoms with van der Waals surface area (Å²) in [5.41, 5.74) is 1.93. The molecule has 1 aromatic heterocycles. The van der Waals surface area contributed by atoms with Crippen molar-refractivity contribution in [2.45, 2.75) is 26.7 Å². The number of anilines is 3. The van der Waals surface area contributed by atoms with Crippen LogP contribution in [-0.4, -0.2) is 16.5 Å². The number of hydrogen-bond acceptors (Lipinski definition) is 4. The number of aromatic nitrogens is 2. The van der Waals surface area contributed by atoms with E-state index in [4.69, 9.17) is 23.2 Å². The van der Waals surface area contributed by atoms with Crippen LogP contribution in [0.3, 0.4) is 0 Å². The number of halogens is 2. The van der Waals surface area contributed by atoms with E-state index in [0.717, 1.165) is 42.3 Å². The summed E-state index contributed by atoms with van der Waals surface area (Å²) in [6.45, 7) is 5.00. The average Bonchev–Trinajstić information content (AvgIpc) is 2.46. The van der Waals surface area contributed by atoms with Crippen molar-refractivity contribution in [3.8, 4) is 0 Å². The second-order valence-corrected chi connectivity index (χ2v) is 5.40. The maximum absolute atomic E-state index is 6.04. The molecule has 0 unspecified atom stereocenters. The molecular weight excluding hydrogens is 307 g/mol. The molecule has 0 aliphatic carbocycles. The van der Waals surface area contributed by atoms with Crippen LogP contribution in [0.2, 0.25) is 10.0 Å². The van der Waals surface area contributed by atoms with Crippen LogP contribution in [0.15, 0.2) is 24.5 Å². The van der Waals surface area contributed by atoms with Crippen LogP contribution in [0.5, 0.6) is 0 Å². The lowest BCUT2D eigenvalue weighted by Gasteiger charge is -2.14. The highest BCUT2D eigenvalue weighted by Gasteiger charge is 2.11. The molecule has 1 aromatic carbocycles. The fourth-order valence-electron chi connectivity index (χ4n) is 2.04. The Balaban J connectivity index is 2.33. The minimum atomic E-state index is 0.514. The van der Waals surface area contributed by atoms with E-state index >= 15 is 0 Å². The average molecular weight is 325 g/mol. The van der Waals surface area contributed by atoms with E-state index in [1.54, 1.807) is 18.5 Å². The summed E-state index contributed by atoms with van der Waals surface area (Å²) in [7, 11) is 0. The van der Waals surface area contributed by atoms with Crippen LogP contribution in [0, 0.1) is 0 Å². The van der Waals surface area contributed by atoms with Crippen molar-refractivity contribution in [2.24, 2.45) is 0 Å². The Kier molecular flexibility index (Phi) is 5.65. The van der Waals surface area contributed by atoms with Gasteiger partial charge < -0.3 is 10.6 Å². The summed E-state index contributed by atoms with van der Waals surface area (Å²) >= 11 is 12.0. The first-order chi connectivity index (χ1) is 10.2. The second-order valence-electron chi connectivity index (χ2n) is 4.58.